The van der Waals surface area contributed by atoms with E-state index in [1.54, 1.807) is 0 Å². The molecule has 0 aliphatic rings. The summed E-state index contributed by atoms with van der Waals surface area (Å²) in [6.45, 7) is 9.34. The molecule has 1 atom stereocenters. The molecule has 0 fully saturated rings. The zero-order chi connectivity index (χ0) is 24.5. The third kappa shape index (κ3) is 14.4. The molecule has 3 N–H and O–H groups in total. The third-order valence-corrected chi connectivity index (χ3v) is 3.58. The lowest BCUT2D eigenvalue weighted by molar-refractivity contribution is -0.140. The first-order valence-electron chi connectivity index (χ1n) is 9.76. The highest BCUT2D eigenvalue weighted by Gasteiger charge is 2.20. The second-order valence-electron chi connectivity index (χ2n) is 6.56. The Hall–Kier alpha value is -3.57. The molecule has 0 spiro atoms. The van der Waals surface area contributed by atoms with Crippen molar-refractivity contribution < 1.29 is 48.0 Å². The van der Waals surface area contributed by atoms with Crippen molar-refractivity contribution in [3.05, 3.63) is 24.3 Å². The zero-order valence-corrected chi connectivity index (χ0v) is 18.3. The minimum absolute atomic E-state index is 0.0997. The number of alkyl carbamates (subject to hydrolysis) is 2. The van der Waals surface area contributed by atoms with Crippen LogP contribution in [0.4, 0.5) is 9.59 Å². The quantitative estimate of drug-likeness (QED) is 0.141. The Kier molecular flexibility index (Phi) is 14.4. The Balaban J connectivity index is 3.95. The Labute approximate surface area is 185 Å². The number of esters is 2. The number of aliphatic carboxylic acids is 1. The van der Waals surface area contributed by atoms with Gasteiger partial charge in [0.1, 0.15) is 32.5 Å². The average molecular weight is 458 g/mol. The summed E-state index contributed by atoms with van der Waals surface area (Å²) in [5.74, 6) is -2.45. The molecule has 0 aromatic rings. The molecule has 0 aliphatic carbocycles. The van der Waals surface area contributed by atoms with Crippen LogP contribution in [0.2, 0.25) is 0 Å². The third-order valence-electron chi connectivity index (χ3n) is 3.58. The number of unbranched alkanes of at least 4 members (excludes halogenated alkanes) is 1. The van der Waals surface area contributed by atoms with Gasteiger partial charge < -0.3 is 34.7 Å². The number of nitrogens with one attached hydrogen (secondary N) is 2. The van der Waals surface area contributed by atoms with E-state index in [4.69, 9.17) is 18.9 Å². The van der Waals surface area contributed by atoms with Gasteiger partial charge in [-0.05, 0) is 33.1 Å². The molecule has 0 bridgehead atoms. The molecule has 2 amide bonds. The van der Waals surface area contributed by atoms with Crippen molar-refractivity contribution >= 4 is 30.1 Å². The summed E-state index contributed by atoms with van der Waals surface area (Å²) < 4.78 is 19.1. The number of amides is 2. The second kappa shape index (κ2) is 16.2. The lowest BCUT2D eigenvalue weighted by atomic mass is 10.1. The fourth-order valence-corrected chi connectivity index (χ4v) is 1.94. The number of hydrogen-bond donors (Lipinski definition) is 3. The maximum absolute atomic E-state index is 11.7. The average Bonchev–Trinajstić information content (AvgIpc) is 2.72. The van der Waals surface area contributed by atoms with E-state index in [0.717, 1.165) is 0 Å². The van der Waals surface area contributed by atoms with Crippen LogP contribution in [-0.4, -0.2) is 74.2 Å². The van der Waals surface area contributed by atoms with Crippen molar-refractivity contribution in [2.45, 2.75) is 39.2 Å². The van der Waals surface area contributed by atoms with Gasteiger partial charge in [0.25, 0.3) is 0 Å². The van der Waals surface area contributed by atoms with Crippen molar-refractivity contribution in [2.24, 2.45) is 0 Å². The molecule has 0 unspecified atom stereocenters. The fourth-order valence-electron chi connectivity index (χ4n) is 1.94. The highest BCUT2D eigenvalue weighted by Crippen LogP contribution is 2.02. The molecular formula is C20H30N2O10. The number of carbonyl (C=O) groups is 5. The SMILES string of the molecule is C=C(C)C(=O)OCCOC(=O)NCCCC[C@H](NC(=O)OCCOC(=O)C(=C)C)C(=O)O. The highest BCUT2D eigenvalue weighted by atomic mass is 16.6. The summed E-state index contributed by atoms with van der Waals surface area (Å²) >= 11 is 0. The van der Waals surface area contributed by atoms with Crippen molar-refractivity contribution in [1.82, 2.24) is 10.6 Å². The van der Waals surface area contributed by atoms with Gasteiger partial charge >= 0.3 is 30.1 Å². The standard InChI is InChI=1S/C20H30N2O10/c1-13(2)17(25)29-9-11-31-19(27)21-8-6-5-7-15(16(23)24)22-20(28)32-12-10-30-18(26)14(3)4/h15H,1,3,5-12H2,2,4H3,(H,21,27)(H,22,28)(H,23,24)/t15-/m0/s1. The van der Waals surface area contributed by atoms with E-state index in [-0.39, 0.29) is 50.5 Å². The number of carboxylic acids is 1. The molecule has 0 heterocycles. The molecule has 180 valence electrons. The lowest BCUT2D eigenvalue weighted by Gasteiger charge is -2.14. The van der Waals surface area contributed by atoms with E-state index in [2.05, 4.69) is 23.8 Å². The molecule has 0 aromatic heterocycles. The van der Waals surface area contributed by atoms with E-state index in [9.17, 15) is 29.1 Å². The maximum atomic E-state index is 11.7. The minimum atomic E-state index is -1.24. The second-order valence-corrected chi connectivity index (χ2v) is 6.56. The van der Waals surface area contributed by atoms with E-state index < -0.39 is 36.1 Å². The van der Waals surface area contributed by atoms with Gasteiger partial charge in [0.2, 0.25) is 0 Å². The predicted octanol–water partition coefficient (Wildman–Crippen LogP) is 1.30. The number of hydrogen-bond acceptors (Lipinski definition) is 9. The monoisotopic (exact) mass is 458 g/mol. The molecule has 12 nitrogen and oxygen atoms in total. The Morgan fingerprint density at radius 3 is 1.72 bits per heavy atom. The van der Waals surface area contributed by atoms with Crippen molar-refractivity contribution in [3.63, 3.8) is 0 Å². The van der Waals surface area contributed by atoms with Gasteiger partial charge in [-0.1, -0.05) is 13.2 Å². The molecule has 0 saturated heterocycles. The summed E-state index contributed by atoms with van der Waals surface area (Å²) in [4.78, 5) is 56.7. The topological polar surface area (TPSA) is 167 Å². The predicted molar refractivity (Wildman–Crippen MR) is 111 cm³/mol. The Bertz CT molecular complexity index is 704. The molecule has 12 heteroatoms. The minimum Gasteiger partial charge on any atom is -0.480 e. The summed E-state index contributed by atoms with van der Waals surface area (Å²) in [6.07, 6.45) is -0.762. The summed E-state index contributed by atoms with van der Waals surface area (Å²) in [5, 5.41) is 13.8. The summed E-state index contributed by atoms with van der Waals surface area (Å²) in [5.41, 5.74) is 0.438. The number of carbonyl (C=O) groups excluding carboxylic acids is 4. The molecule has 32 heavy (non-hydrogen) atoms. The van der Waals surface area contributed by atoms with Gasteiger partial charge in [-0.3, -0.25) is 0 Å². The van der Waals surface area contributed by atoms with Gasteiger partial charge in [0, 0.05) is 17.7 Å². The molecule has 0 aliphatic heterocycles. The van der Waals surface area contributed by atoms with Crippen molar-refractivity contribution in [1.29, 1.82) is 0 Å². The van der Waals surface area contributed by atoms with E-state index >= 15 is 0 Å². The van der Waals surface area contributed by atoms with Crippen LogP contribution in [0.1, 0.15) is 33.1 Å². The van der Waals surface area contributed by atoms with Gasteiger partial charge in [0.05, 0.1) is 0 Å². The van der Waals surface area contributed by atoms with E-state index in [1.807, 2.05) is 0 Å². The fraction of sp³-hybridized carbons (Fsp3) is 0.550. The summed E-state index contributed by atoms with van der Waals surface area (Å²) in [7, 11) is 0. The van der Waals surface area contributed by atoms with Crippen LogP contribution in [0.5, 0.6) is 0 Å². The van der Waals surface area contributed by atoms with Crippen LogP contribution in [-0.2, 0) is 33.3 Å². The van der Waals surface area contributed by atoms with E-state index in [1.165, 1.54) is 13.8 Å². The van der Waals surface area contributed by atoms with Gasteiger partial charge in [0.15, 0.2) is 0 Å². The van der Waals surface area contributed by atoms with Crippen LogP contribution >= 0.6 is 0 Å². The normalized spacial score (nSPS) is 10.8. The van der Waals surface area contributed by atoms with Crippen LogP contribution in [0.15, 0.2) is 24.3 Å². The smallest absolute Gasteiger partial charge is 0.407 e. The largest absolute Gasteiger partial charge is 0.480 e. The van der Waals surface area contributed by atoms with Crippen LogP contribution < -0.4 is 10.6 Å². The first-order chi connectivity index (χ1) is 15.0. The van der Waals surface area contributed by atoms with Crippen LogP contribution in [0.3, 0.4) is 0 Å². The molecule has 0 aromatic carbocycles. The summed E-state index contributed by atoms with van der Waals surface area (Å²) in [6, 6.07) is -1.18. The molecule has 0 rings (SSSR count). The number of ether oxygens (including phenoxy) is 4. The molecule has 0 saturated carbocycles. The zero-order valence-electron chi connectivity index (χ0n) is 18.3. The maximum Gasteiger partial charge on any atom is 0.407 e. The Morgan fingerprint density at radius 1 is 0.781 bits per heavy atom. The van der Waals surface area contributed by atoms with Gasteiger partial charge in [-0.25, -0.2) is 24.0 Å². The van der Waals surface area contributed by atoms with E-state index in [0.29, 0.717) is 12.8 Å². The Morgan fingerprint density at radius 2 is 1.25 bits per heavy atom. The molecular weight excluding hydrogens is 428 g/mol. The van der Waals surface area contributed by atoms with Crippen molar-refractivity contribution in [2.75, 3.05) is 33.0 Å². The first kappa shape index (κ1) is 28.4. The first-order valence-corrected chi connectivity index (χ1v) is 9.76. The number of rotatable bonds is 15. The van der Waals surface area contributed by atoms with Crippen LogP contribution in [0.25, 0.3) is 0 Å². The van der Waals surface area contributed by atoms with Gasteiger partial charge in [-0.2, -0.15) is 0 Å². The highest BCUT2D eigenvalue weighted by molar-refractivity contribution is 5.87. The lowest BCUT2D eigenvalue weighted by Crippen LogP contribution is -2.41. The van der Waals surface area contributed by atoms with Crippen LogP contribution in [0, 0.1) is 0 Å². The van der Waals surface area contributed by atoms with Gasteiger partial charge in [-0.15, -0.1) is 0 Å². The number of carboxylic acid groups (broad SMARTS) is 1. The van der Waals surface area contributed by atoms with Crippen molar-refractivity contribution in [3.8, 4) is 0 Å². The molecule has 0 radical (unpaired) electrons.